The van der Waals surface area contributed by atoms with Gasteiger partial charge in [-0.25, -0.2) is 9.78 Å². The van der Waals surface area contributed by atoms with Crippen LogP contribution in [0.1, 0.15) is 22.8 Å². The van der Waals surface area contributed by atoms with E-state index in [1.807, 2.05) is 31.2 Å². The zero-order chi connectivity index (χ0) is 20.8. The van der Waals surface area contributed by atoms with E-state index in [4.69, 9.17) is 4.74 Å². The van der Waals surface area contributed by atoms with Crippen molar-refractivity contribution in [2.24, 2.45) is 0 Å². The average Bonchev–Trinajstić information content (AvgIpc) is 2.71. The lowest BCUT2D eigenvalue weighted by Crippen LogP contribution is -2.48. The minimum absolute atomic E-state index is 0.0166. The standard InChI is InChI=1S/C21H25BrN4O3/c1-3-29-21(28)16-4-7-19(23-13-16)26-10-8-25(9-11-26)14-20(27)24-17-5-6-18(22)15(2)12-17/h4-7,12-13H,3,8-11,14H2,1-2H3,(H,24,27). The first-order valence-corrected chi connectivity index (χ1v) is 10.4. The van der Waals surface area contributed by atoms with Crippen molar-refractivity contribution in [2.45, 2.75) is 13.8 Å². The largest absolute Gasteiger partial charge is 0.462 e. The SMILES string of the molecule is CCOC(=O)c1ccc(N2CCN(CC(=O)Nc3ccc(Br)c(C)c3)CC2)nc1. The number of anilines is 2. The lowest BCUT2D eigenvalue weighted by molar-refractivity contribution is -0.117. The highest BCUT2D eigenvalue weighted by Crippen LogP contribution is 2.20. The van der Waals surface area contributed by atoms with Gasteiger partial charge in [-0.05, 0) is 49.7 Å². The Morgan fingerprint density at radius 1 is 1.17 bits per heavy atom. The summed E-state index contributed by atoms with van der Waals surface area (Å²) < 4.78 is 6.00. The summed E-state index contributed by atoms with van der Waals surface area (Å²) in [5.74, 6) is 0.452. The summed E-state index contributed by atoms with van der Waals surface area (Å²) in [6.45, 7) is 7.57. The van der Waals surface area contributed by atoms with Gasteiger partial charge in [0.15, 0.2) is 0 Å². The van der Waals surface area contributed by atoms with Gasteiger partial charge in [-0.1, -0.05) is 15.9 Å². The molecule has 3 rings (SSSR count). The Kier molecular flexibility index (Phi) is 7.22. The summed E-state index contributed by atoms with van der Waals surface area (Å²) in [4.78, 5) is 32.7. The molecule has 29 heavy (non-hydrogen) atoms. The molecule has 0 aliphatic carbocycles. The number of nitrogens with zero attached hydrogens (tertiary/aromatic N) is 3. The molecule has 1 fully saturated rings. The number of piperazine rings is 1. The zero-order valence-corrected chi connectivity index (χ0v) is 18.2. The van der Waals surface area contributed by atoms with Crippen molar-refractivity contribution in [2.75, 3.05) is 49.5 Å². The van der Waals surface area contributed by atoms with Crippen LogP contribution >= 0.6 is 15.9 Å². The van der Waals surface area contributed by atoms with Gasteiger partial charge in [0.05, 0.1) is 18.7 Å². The normalized spacial score (nSPS) is 14.5. The third kappa shape index (κ3) is 5.77. The molecule has 2 aromatic rings. The molecule has 0 saturated carbocycles. The van der Waals surface area contributed by atoms with Crippen LogP contribution in [-0.2, 0) is 9.53 Å². The van der Waals surface area contributed by atoms with Crippen LogP contribution in [0.2, 0.25) is 0 Å². The van der Waals surface area contributed by atoms with E-state index in [1.54, 1.807) is 19.2 Å². The van der Waals surface area contributed by atoms with Crippen molar-refractivity contribution < 1.29 is 14.3 Å². The summed E-state index contributed by atoms with van der Waals surface area (Å²) in [6.07, 6.45) is 1.55. The lowest BCUT2D eigenvalue weighted by Gasteiger charge is -2.35. The minimum atomic E-state index is -0.358. The van der Waals surface area contributed by atoms with Crippen molar-refractivity contribution in [1.82, 2.24) is 9.88 Å². The quantitative estimate of drug-likeness (QED) is 0.667. The van der Waals surface area contributed by atoms with Gasteiger partial charge in [-0.15, -0.1) is 0 Å². The molecule has 1 N–H and O–H groups in total. The Morgan fingerprint density at radius 2 is 1.93 bits per heavy atom. The minimum Gasteiger partial charge on any atom is -0.462 e. The summed E-state index contributed by atoms with van der Waals surface area (Å²) in [5, 5.41) is 2.96. The molecule has 1 aromatic carbocycles. The molecule has 0 spiro atoms. The first-order valence-electron chi connectivity index (χ1n) is 9.62. The second kappa shape index (κ2) is 9.84. The Balaban J connectivity index is 1.48. The molecule has 0 atom stereocenters. The highest BCUT2D eigenvalue weighted by Gasteiger charge is 2.20. The second-order valence-corrected chi connectivity index (χ2v) is 7.76. The molecule has 7 nitrogen and oxygen atoms in total. The number of nitrogens with one attached hydrogen (secondary N) is 1. The number of ether oxygens (including phenoxy) is 1. The number of amides is 1. The van der Waals surface area contributed by atoms with Crippen molar-refractivity contribution in [3.8, 4) is 0 Å². The number of rotatable bonds is 6. The van der Waals surface area contributed by atoms with E-state index in [1.165, 1.54) is 0 Å². The van der Waals surface area contributed by atoms with Gasteiger partial charge < -0.3 is 15.0 Å². The molecule has 1 aliphatic heterocycles. The molecule has 8 heteroatoms. The predicted molar refractivity (Wildman–Crippen MR) is 116 cm³/mol. The number of aromatic nitrogens is 1. The number of carbonyl (C=O) groups excluding carboxylic acids is 2. The molecule has 2 heterocycles. The van der Waals surface area contributed by atoms with Crippen LogP contribution in [0, 0.1) is 6.92 Å². The van der Waals surface area contributed by atoms with E-state index in [0.717, 1.165) is 47.7 Å². The summed E-state index contributed by atoms with van der Waals surface area (Å²) in [6, 6.07) is 9.35. The maximum absolute atomic E-state index is 12.3. The van der Waals surface area contributed by atoms with Crippen molar-refractivity contribution in [3.05, 3.63) is 52.1 Å². The molecule has 0 bridgehead atoms. The van der Waals surface area contributed by atoms with Gasteiger partial charge in [0.2, 0.25) is 5.91 Å². The number of benzene rings is 1. The predicted octanol–water partition coefficient (Wildman–Crippen LogP) is 3.09. The molecule has 1 aliphatic rings. The number of esters is 1. The van der Waals surface area contributed by atoms with Crippen molar-refractivity contribution >= 4 is 39.3 Å². The average molecular weight is 461 g/mol. The van der Waals surface area contributed by atoms with Gasteiger partial charge in [-0.2, -0.15) is 0 Å². The summed E-state index contributed by atoms with van der Waals surface area (Å²) in [7, 11) is 0. The topological polar surface area (TPSA) is 74.8 Å². The molecular weight excluding hydrogens is 436 g/mol. The maximum atomic E-state index is 12.3. The smallest absolute Gasteiger partial charge is 0.339 e. The molecule has 154 valence electrons. The fourth-order valence-corrected chi connectivity index (χ4v) is 3.42. The molecular formula is C21H25BrN4O3. The highest BCUT2D eigenvalue weighted by molar-refractivity contribution is 9.10. The Bertz CT molecular complexity index is 865. The van der Waals surface area contributed by atoms with Crippen molar-refractivity contribution in [1.29, 1.82) is 0 Å². The number of halogens is 1. The van der Waals surface area contributed by atoms with E-state index >= 15 is 0 Å². The number of hydrogen-bond acceptors (Lipinski definition) is 6. The van der Waals surface area contributed by atoms with Crippen LogP contribution in [0.3, 0.4) is 0 Å². The third-order valence-electron chi connectivity index (χ3n) is 4.76. The number of pyridine rings is 1. The lowest BCUT2D eigenvalue weighted by atomic mass is 10.2. The second-order valence-electron chi connectivity index (χ2n) is 6.90. The van der Waals surface area contributed by atoms with Crippen LogP contribution in [0.25, 0.3) is 0 Å². The van der Waals surface area contributed by atoms with E-state index in [0.29, 0.717) is 18.7 Å². The van der Waals surface area contributed by atoms with Crippen LogP contribution in [0.5, 0.6) is 0 Å². The van der Waals surface area contributed by atoms with Gasteiger partial charge in [-0.3, -0.25) is 9.69 Å². The Labute approximate surface area is 179 Å². The monoisotopic (exact) mass is 460 g/mol. The molecule has 0 unspecified atom stereocenters. The zero-order valence-electron chi connectivity index (χ0n) is 16.7. The molecule has 1 saturated heterocycles. The molecule has 0 radical (unpaired) electrons. The van der Waals surface area contributed by atoms with Gasteiger partial charge in [0.1, 0.15) is 5.82 Å². The summed E-state index contributed by atoms with van der Waals surface area (Å²) >= 11 is 3.46. The van der Waals surface area contributed by atoms with E-state index in [2.05, 4.69) is 36.0 Å². The number of carbonyl (C=O) groups is 2. The fourth-order valence-electron chi connectivity index (χ4n) is 3.17. The van der Waals surface area contributed by atoms with E-state index in [-0.39, 0.29) is 11.9 Å². The Morgan fingerprint density at radius 3 is 2.55 bits per heavy atom. The summed E-state index contributed by atoms with van der Waals surface area (Å²) in [5.41, 5.74) is 2.34. The van der Waals surface area contributed by atoms with E-state index in [9.17, 15) is 9.59 Å². The van der Waals surface area contributed by atoms with E-state index < -0.39 is 0 Å². The first-order chi connectivity index (χ1) is 14.0. The molecule has 1 aromatic heterocycles. The highest BCUT2D eigenvalue weighted by atomic mass is 79.9. The van der Waals surface area contributed by atoms with Gasteiger partial charge in [0, 0.05) is 42.5 Å². The van der Waals surface area contributed by atoms with Crippen LogP contribution in [0.15, 0.2) is 41.0 Å². The third-order valence-corrected chi connectivity index (χ3v) is 5.65. The van der Waals surface area contributed by atoms with Crippen molar-refractivity contribution in [3.63, 3.8) is 0 Å². The van der Waals surface area contributed by atoms with Crippen LogP contribution < -0.4 is 10.2 Å². The number of hydrogen-bond donors (Lipinski definition) is 1. The number of aryl methyl sites for hydroxylation is 1. The Hall–Kier alpha value is -2.45. The molecule has 1 amide bonds. The van der Waals surface area contributed by atoms with Crippen LogP contribution in [0.4, 0.5) is 11.5 Å². The van der Waals surface area contributed by atoms with Crippen LogP contribution in [-0.4, -0.2) is 61.1 Å². The van der Waals surface area contributed by atoms with Gasteiger partial charge in [0.25, 0.3) is 0 Å². The fraction of sp³-hybridized carbons (Fsp3) is 0.381. The first kappa shape index (κ1) is 21.3. The van der Waals surface area contributed by atoms with Gasteiger partial charge >= 0.3 is 5.97 Å². The maximum Gasteiger partial charge on any atom is 0.339 e.